The maximum atomic E-state index is 11.8. The van der Waals surface area contributed by atoms with Gasteiger partial charge in [0.1, 0.15) is 0 Å². The van der Waals surface area contributed by atoms with Gasteiger partial charge in [0.05, 0.1) is 13.1 Å². The molecule has 0 fully saturated rings. The highest BCUT2D eigenvalue weighted by atomic mass is 32.1. The molecule has 2 amide bonds. The highest BCUT2D eigenvalue weighted by Crippen LogP contribution is 2.20. The number of benzene rings is 1. The molecule has 0 saturated carbocycles. The number of rotatable bonds is 6. The third-order valence-corrected chi connectivity index (χ3v) is 4.79. The molecule has 2 N–H and O–H groups in total. The molecule has 0 aliphatic carbocycles. The average molecular weight is 384 g/mol. The Morgan fingerprint density at radius 1 is 1.07 bits per heavy atom. The van der Waals surface area contributed by atoms with Gasteiger partial charge in [-0.2, -0.15) is 4.98 Å². The Morgan fingerprint density at radius 2 is 1.78 bits per heavy atom. The average Bonchev–Trinajstić information content (AvgIpc) is 3.36. The van der Waals surface area contributed by atoms with Crippen molar-refractivity contribution in [3.8, 4) is 11.4 Å². The summed E-state index contributed by atoms with van der Waals surface area (Å²) in [4.78, 5) is 28.9. The van der Waals surface area contributed by atoms with E-state index in [1.807, 2.05) is 41.8 Å². The molecule has 0 saturated heterocycles. The number of amides is 2. The summed E-state index contributed by atoms with van der Waals surface area (Å²) in [6.45, 7) is 4.56. The second kappa shape index (κ2) is 8.59. The summed E-state index contributed by atoms with van der Waals surface area (Å²) in [6.07, 6.45) is 0. The molecule has 0 aliphatic rings. The maximum absolute atomic E-state index is 11.8. The lowest BCUT2D eigenvalue weighted by atomic mass is 10.0. The molecule has 3 rings (SSSR count). The highest BCUT2D eigenvalue weighted by Gasteiger charge is 2.15. The van der Waals surface area contributed by atoms with E-state index in [1.54, 1.807) is 0 Å². The fraction of sp³-hybridized carbons (Fsp3) is 0.263. The highest BCUT2D eigenvalue weighted by molar-refractivity contribution is 7.09. The second-order valence-electron chi connectivity index (χ2n) is 6.23. The number of hydrogen-bond donors (Lipinski definition) is 2. The number of aromatic nitrogens is 2. The molecule has 7 nitrogen and oxygen atoms in total. The summed E-state index contributed by atoms with van der Waals surface area (Å²) in [6, 6.07) is 11.7. The van der Waals surface area contributed by atoms with E-state index in [4.69, 9.17) is 4.52 Å². The zero-order chi connectivity index (χ0) is 19.2. The minimum atomic E-state index is -0.743. The first-order valence-electron chi connectivity index (χ1n) is 8.54. The fourth-order valence-corrected chi connectivity index (χ4v) is 3.00. The van der Waals surface area contributed by atoms with Crippen molar-refractivity contribution in [2.45, 2.75) is 32.9 Å². The molecule has 8 heteroatoms. The smallest absolute Gasteiger partial charge is 0.309 e. The van der Waals surface area contributed by atoms with Crippen LogP contribution < -0.4 is 10.6 Å². The molecule has 2 heterocycles. The van der Waals surface area contributed by atoms with Gasteiger partial charge < -0.3 is 15.2 Å². The predicted molar refractivity (Wildman–Crippen MR) is 102 cm³/mol. The summed E-state index contributed by atoms with van der Waals surface area (Å²) in [5.74, 6) is -0.324. The number of thiophene rings is 1. The van der Waals surface area contributed by atoms with Crippen LogP contribution in [0.3, 0.4) is 0 Å². The van der Waals surface area contributed by atoms with Gasteiger partial charge in [-0.25, -0.2) is 0 Å². The molecular weight excluding hydrogens is 364 g/mol. The summed E-state index contributed by atoms with van der Waals surface area (Å²) >= 11 is 1.51. The number of nitrogens with zero attached hydrogens (tertiary/aromatic N) is 2. The van der Waals surface area contributed by atoms with E-state index in [2.05, 4.69) is 34.6 Å². The summed E-state index contributed by atoms with van der Waals surface area (Å²) in [7, 11) is 0. The van der Waals surface area contributed by atoms with Gasteiger partial charge in [0.25, 0.3) is 0 Å². The van der Waals surface area contributed by atoms with E-state index in [9.17, 15) is 9.59 Å². The molecule has 0 radical (unpaired) electrons. The second-order valence-corrected chi connectivity index (χ2v) is 7.27. The van der Waals surface area contributed by atoms with E-state index in [0.29, 0.717) is 18.3 Å². The maximum Gasteiger partial charge on any atom is 0.309 e. The van der Waals surface area contributed by atoms with Gasteiger partial charge in [-0.1, -0.05) is 49.3 Å². The summed E-state index contributed by atoms with van der Waals surface area (Å²) < 4.78 is 5.14. The molecule has 140 valence electrons. The molecule has 0 atom stereocenters. The van der Waals surface area contributed by atoms with Crippen molar-refractivity contribution < 1.29 is 14.1 Å². The van der Waals surface area contributed by atoms with Crippen LogP contribution in [-0.2, 0) is 22.7 Å². The molecule has 0 bridgehead atoms. The standard InChI is InChI=1S/C19H20N4O3S/c1-12(2)13-5-7-14(8-6-13)17-22-16(26-23-17)11-21-19(25)18(24)20-10-15-4-3-9-27-15/h3-9,12H,10-11H2,1-2H3,(H,20,24)(H,21,25). The van der Waals surface area contributed by atoms with Crippen LogP contribution in [0.4, 0.5) is 0 Å². The zero-order valence-corrected chi connectivity index (χ0v) is 15.9. The molecule has 2 aromatic heterocycles. The van der Waals surface area contributed by atoms with Crippen LogP contribution in [0, 0.1) is 0 Å². The molecule has 3 aromatic rings. The Labute approximate surface area is 160 Å². The van der Waals surface area contributed by atoms with Gasteiger partial charge >= 0.3 is 11.8 Å². The van der Waals surface area contributed by atoms with Crippen LogP contribution >= 0.6 is 11.3 Å². The van der Waals surface area contributed by atoms with Gasteiger partial charge in [0.2, 0.25) is 11.7 Å². The zero-order valence-electron chi connectivity index (χ0n) is 15.1. The van der Waals surface area contributed by atoms with Crippen molar-refractivity contribution >= 4 is 23.2 Å². The van der Waals surface area contributed by atoms with Crippen LogP contribution in [0.5, 0.6) is 0 Å². The number of carbonyl (C=O) groups excluding carboxylic acids is 2. The monoisotopic (exact) mass is 384 g/mol. The fourth-order valence-electron chi connectivity index (χ4n) is 2.36. The summed E-state index contributed by atoms with van der Waals surface area (Å²) in [5, 5.41) is 10.9. The van der Waals surface area contributed by atoms with Gasteiger partial charge in [-0.3, -0.25) is 9.59 Å². The normalized spacial score (nSPS) is 10.8. The minimum Gasteiger partial charge on any atom is -0.343 e. The third-order valence-electron chi connectivity index (χ3n) is 3.91. The lowest BCUT2D eigenvalue weighted by Gasteiger charge is -2.04. The van der Waals surface area contributed by atoms with Crippen molar-refractivity contribution in [3.05, 3.63) is 58.1 Å². The van der Waals surface area contributed by atoms with Crippen LogP contribution in [0.1, 0.15) is 36.1 Å². The van der Waals surface area contributed by atoms with Crippen LogP contribution in [-0.4, -0.2) is 22.0 Å². The van der Waals surface area contributed by atoms with Crippen LogP contribution in [0.15, 0.2) is 46.3 Å². The number of hydrogen-bond acceptors (Lipinski definition) is 6. The Bertz CT molecular complexity index is 901. The van der Waals surface area contributed by atoms with E-state index in [-0.39, 0.29) is 12.4 Å². The quantitative estimate of drug-likeness (QED) is 0.637. The molecule has 27 heavy (non-hydrogen) atoms. The van der Waals surface area contributed by atoms with Crippen molar-refractivity contribution in [1.82, 2.24) is 20.8 Å². The number of carbonyl (C=O) groups is 2. The van der Waals surface area contributed by atoms with E-state index >= 15 is 0 Å². The molecule has 0 aliphatic heterocycles. The van der Waals surface area contributed by atoms with Gasteiger partial charge in [-0.05, 0) is 22.9 Å². The summed E-state index contributed by atoms with van der Waals surface area (Å²) in [5.41, 5.74) is 2.05. The molecule has 0 unspecified atom stereocenters. The molecular formula is C19H20N4O3S. The first-order valence-corrected chi connectivity index (χ1v) is 9.42. The van der Waals surface area contributed by atoms with Crippen molar-refractivity contribution in [2.75, 3.05) is 0 Å². The van der Waals surface area contributed by atoms with Crippen molar-refractivity contribution in [1.29, 1.82) is 0 Å². The van der Waals surface area contributed by atoms with E-state index in [1.165, 1.54) is 16.9 Å². The van der Waals surface area contributed by atoms with Gasteiger partial charge in [-0.15, -0.1) is 11.3 Å². The lowest BCUT2D eigenvalue weighted by Crippen LogP contribution is -2.39. The van der Waals surface area contributed by atoms with Gasteiger partial charge in [0, 0.05) is 10.4 Å². The Balaban J connectivity index is 1.51. The van der Waals surface area contributed by atoms with Crippen LogP contribution in [0.2, 0.25) is 0 Å². The topological polar surface area (TPSA) is 97.1 Å². The lowest BCUT2D eigenvalue weighted by molar-refractivity contribution is -0.139. The third kappa shape index (κ3) is 5.01. The Morgan fingerprint density at radius 3 is 2.41 bits per heavy atom. The first kappa shape index (κ1) is 18.8. The van der Waals surface area contributed by atoms with Crippen molar-refractivity contribution in [3.63, 3.8) is 0 Å². The molecule has 0 spiro atoms. The predicted octanol–water partition coefficient (Wildman–Crippen LogP) is 2.85. The first-order chi connectivity index (χ1) is 13.0. The van der Waals surface area contributed by atoms with Gasteiger partial charge in [0.15, 0.2) is 0 Å². The Hall–Kier alpha value is -3.00. The minimum absolute atomic E-state index is 0.0116. The van der Waals surface area contributed by atoms with E-state index in [0.717, 1.165) is 10.4 Å². The Kier molecular flexibility index (Phi) is 5.97. The largest absolute Gasteiger partial charge is 0.343 e. The number of nitrogens with one attached hydrogen (secondary N) is 2. The SMILES string of the molecule is CC(C)c1ccc(-c2noc(CNC(=O)C(=O)NCc3cccs3)n2)cc1. The van der Waals surface area contributed by atoms with E-state index < -0.39 is 11.8 Å². The van der Waals surface area contributed by atoms with Crippen LogP contribution in [0.25, 0.3) is 11.4 Å². The molecule has 1 aromatic carbocycles. The van der Waals surface area contributed by atoms with Crippen molar-refractivity contribution in [2.24, 2.45) is 0 Å².